The molecule has 0 aliphatic carbocycles. The molecule has 0 aliphatic heterocycles. The van der Waals surface area contributed by atoms with E-state index in [1.807, 2.05) is 0 Å². The molecule has 0 rings (SSSR count). The van der Waals surface area contributed by atoms with E-state index >= 15 is 0 Å². The van der Waals surface area contributed by atoms with Crippen LogP contribution >= 0.6 is 7.60 Å². The Morgan fingerprint density at radius 1 is 1.14 bits per heavy atom. The van der Waals surface area contributed by atoms with Crippen LogP contribution in [0.25, 0.3) is 0 Å². The van der Waals surface area contributed by atoms with Crippen molar-refractivity contribution in [3.63, 3.8) is 0 Å². The first-order valence-electron chi connectivity index (χ1n) is 4.15. The predicted octanol–water partition coefficient (Wildman–Crippen LogP) is 1.41. The normalized spacial score (nSPS) is 11.4. The molecule has 0 fully saturated rings. The van der Waals surface area contributed by atoms with Crippen LogP contribution in [0.3, 0.4) is 0 Å². The Bertz CT molecular complexity index is 252. The lowest BCUT2D eigenvalue weighted by atomic mass is 10.2. The second-order valence-corrected chi connectivity index (χ2v) is 5.14. The van der Waals surface area contributed by atoms with Crippen LogP contribution in [0.1, 0.15) is 19.8 Å². The van der Waals surface area contributed by atoms with Gasteiger partial charge in [-0.25, -0.2) is 0 Å². The zero-order chi connectivity index (χ0) is 11.2. The first-order chi connectivity index (χ1) is 6.43. The monoisotopic (exact) mass is 222 g/mol. The van der Waals surface area contributed by atoms with Gasteiger partial charge in [-0.05, 0) is 6.92 Å². The van der Waals surface area contributed by atoms with Crippen molar-refractivity contribution in [2.24, 2.45) is 0 Å². The lowest BCUT2D eigenvalue weighted by Gasteiger charge is -2.11. The molecule has 0 saturated carbocycles. The summed E-state index contributed by atoms with van der Waals surface area (Å²) in [5.41, 5.74) is 0. The minimum atomic E-state index is -3.26. The number of rotatable bonds is 7. The smallest absolute Gasteiger partial charge is 0.312 e. The van der Waals surface area contributed by atoms with Crippen molar-refractivity contribution >= 4 is 19.2 Å². The summed E-state index contributed by atoms with van der Waals surface area (Å²) in [5.74, 6) is -0.352. The molecule has 14 heavy (non-hydrogen) atoms. The average Bonchev–Trinajstić information content (AvgIpc) is 2.14. The summed E-state index contributed by atoms with van der Waals surface area (Å²) in [4.78, 5) is 21.8. The van der Waals surface area contributed by atoms with E-state index in [-0.39, 0.29) is 30.6 Å². The highest BCUT2D eigenvalue weighted by molar-refractivity contribution is 7.54. The van der Waals surface area contributed by atoms with E-state index in [1.165, 1.54) is 21.1 Å². The first kappa shape index (κ1) is 13.5. The van der Waals surface area contributed by atoms with Gasteiger partial charge in [0.05, 0.1) is 0 Å². The van der Waals surface area contributed by atoms with E-state index in [4.69, 9.17) is 0 Å². The maximum atomic E-state index is 11.5. The van der Waals surface area contributed by atoms with Gasteiger partial charge in [-0.3, -0.25) is 9.36 Å². The van der Waals surface area contributed by atoms with Gasteiger partial charge in [0.1, 0.15) is 17.7 Å². The van der Waals surface area contributed by atoms with Crippen LogP contribution in [0.15, 0.2) is 0 Å². The molecule has 0 spiro atoms. The topological polar surface area (TPSA) is 69.7 Å². The highest BCUT2D eigenvalue weighted by atomic mass is 31.2. The molecule has 0 radical (unpaired) electrons. The fraction of sp³-hybridized carbons (Fsp3) is 0.750. The second-order valence-electron chi connectivity index (χ2n) is 2.87. The maximum Gasteiger partial charge on any atom is 0.337 e. The first-order valence-corrected chi connectivity index (χ1v) is 5.88. The van der Waals surface area contributed by atoms with Crippen LogP contribution in [0.5, 0.6) is 0 Å². The summed E-state index contributed by atoms with van der Waals surface area (Å²) < 4.78 is 20.6. The molecule has 0 unspecified atom stereocenters. The number of hydrogen-bond donors (Lipinski definition) is 0. The van der Waals surface area contributed by atoms with Crippen LogP contribution < -0.4 is 0 Å². The summed E-state index contributed by atoms with van der Waals surface area (Å²) in [6.45, 7) is 1.40. The molecular formula is C8H15O5P. The Hall–Kier alpha value is -0.510. The lowest BCUT2D eigenvalue weighted by Crippen LogP contribution is -2.09. The molecular weight excluding hydrogens is 207 g/mol. The van der Waals surface area contributed by atoms with Crippen molar-refractivity contribution in [1.29, 1.82) is 0 Å². The Balaban J connectivity index is 4.05. The van der Waals surface area contributed by atoms with Crippen molar-refractivity contribution in [3.05, 3.63) is 0 Å². The predicted molar refractivity (Wildman–Crippen MR) is 51.4 cm³/mol. The van der Waals surface area contributed by atoms with Crippen LogP contribution in [0.4, 0.5) is 0 Å². The summed E-state index contributed by atoms with van der Waals surface area (Å²) >= 11 is 0. The fourth-order valence-corrected chi connectivity index (χ4v) is 1.81. The molecule has 0 aliphatic rings. The summed E-state index contributed by atoms with van der Waals surface area (Å²) in [5, 5.41) is 0. The van der Waals surface area contributed by atoms with E-state index in [0.29, 0.717) is 0 Å². The van der Waals surface area contributed by atoms with Crippen molar-refractivity contribution in [2.75, 3.05) is 20.4 Å². The number of carbonyl (C=O) groups excluding carboxylic acids is 2. The minimum Gasteiger partial charge on any atom is -0.312 e. The van der Waals surface area contributed by atoms with E-state index in [9.17, 15) is 14.2 Å². The van der Waals surface area contributed by atoms with E-state index in [2.05, 4.69) is 9.05 Å². The van der Waals surface area contributed by atoms with Gasteiger partial charge in [-0.1, -0.05) is 0 Å². The van der Waals surface area contributed by atoms with Crippen molar-refractivity contribution in [3.8, 4) is 0 Å². The van der Waals surface area contributed by atoms with Crippen molar-refractivity contribution < 1.29 is 23.2 Å². The summed E-state index contributed by atoms with van der Waals surface area (Å²) in [6, 6.07) is 0. The molecule has 0 aromatic rings. The SMILES string of the molecule is COP(=O)(CC(=O)CCC(C)=O)OC. The highest BCUT2D eigenvalue weighted by Crippen LogP contribution is 2.46. The third-order valence-corrected chi connectivity index (χ3v) is 3.53. The van der Waals surface area contributed by atoms with Gasteiger partial charge in [0.2, 0.25) is 0 Å². The zero-order valence-electron chi connectivity index (χ0n) is 8.61. The number of carbonyl (C=O) groups is 2. The van der Waals surface area contributed by atoms with Gasteiger partial charge in [0.25, 0.3) is 0 Å². The Kier molecular flexibility index (Phi) is 5.84. The van der Waals surface area contributed by atoms with Crippen LogP contribution in [-0.2, 0) is 23.2 Å². The Morgan fingerprint density at radius 2 is 1.64 bits per heavy atom. The third-order valence-electron chi connectivity index (χ3n) is 1.68. The lowest BCUT2D eigenvalue weighted by molar-refractivity contribution is -0.122. The third kappa shape index (κ3) is 5.27. The molecule has 0 amide bonds. The maximum absolute atomic E-state index is 11.5. The Labute approximate surface area is 83.3 Å². The van der Waals surface area contributed by atoms with Gasteiger partial charge in [-0.15, -0.1) is 0 Å². The summed E-state index contributed by atoms with van der Waals surface area (Å²) in [6.07, 6.45) is -0.00835. The summed E-state index contributed by atoms with van der Waals surface area (Å²) in [7, 11) is -0.809. The molecule has 0 bridgehead atoms. The molecule has 5 nitrogen and oxygen atoms in total. The van der Waals surface area contributed by atoms with Gasteiger partial charge in [-0.2, -0.15) is 0 Å². The van der Waals surface area contributed by atoms with Gasteiger partial charge < -0.3 is 13.8 Å². The highest BCUT2D eigenvalue weighted by Gasteiger charge is 2.24. The molecule has 0 N–H and O–H groups in total. The molecule has 0 saturated heterocycles. The number of ketones is 2. The van der Waals surface area contributed by atoms with E-state index in [1.54, 1.807) is 0 Å². The molecule has 0 heterocycles. The number of hydrogen-bond acceptors (Lipinski definition) is 5. The van der Waals surface area contributed by atoms with E-state index in [0.717, 1.165) is 0 Å². The second kappa shape index (κ2) is 6.06. The van der Waals surface area contributed by atoms with Crippen LogP contribution in [-0.4, -0.2) is 31.9 Å². The average molecular weight is 222 g/mol. The quantitative estimate of drug-likeness (QED) is 0.609. The molecule has 0 aromatic heterocycles. The largest absolute Gasteiger partial charge is 0.337 e. The Morgan fingerprint density at radius 3 is 2.00 bits per heavy atom. The van der Waals surface area contributed by atoms with E-state index < -0.39 is 7.60 Å². The van der Waals surface area contributed by atoms with Crippen molar-refractivity contribution in [1.82, 2.24) is 0 Å². The van der Waals surface area contributed by atoms with Crippen LogP contribution in [0, 0.1) is 0 Å². The van der Waals surface area contributed by atoms with Gasteiger partial charge in [0, 0.05) is 27.1 Å². The van der Waals surface area contributed by atoms with Crippen LogP contribution in [0.2, 0.25) is 0 Å². The zero-order valence-corrected chi connectivity index (χ0v) is 9.50. The van der Waals surface area contributed by atoms with Gasteiger partial charge >= 0.3 is 7.60 Å². The fourth-order valence-electron chi connectivity index (χ4n) is 0.814. The van der Waals surface area contributed by atoms with Gasteiger partial charge in [0.15, 0.2) is 0 Å². The number of Topliss-reactive ketones (excluding diaryl/α,β-unsaturated/α-hetero) is 2. The molecule has 6 heteroatoms. The molecule has 82 valence electrons. The standard InChI is InChI=1S/C8H15O5P/c1-7(9)4-5-8(10)6-14(11,12-2)13-3/h4-6H2,1-3H3. The molecule has 0 atom stereocenters. The van der Waals surface area contributed by atoms with Crippen molar-refractivity contribution in [2.45, 2.75) is 19.8 Å². The minimum absolute atomic E-state index is 0.0667. The molecule has 0 aromatic carbocycles.